The molecule has 62 heavy (non-hydrogen) atoms. The maximum absolute atomic E-state index is 15.0. The molecule has 0 bridgehead atoms. The molecule has 7 atom stereocenters. The number of Topliss-reactive ketones (excluding diaryl/α,β-unsaturated/α-hetero) is 1. The number of nitrogens with zero attached hydrogens (tertiary/aromatic N) is 3. The Labute approximate surface area is 356 Å². The molecular formula is C42H53F5N4O10S. The molecular weight excluding hydrogens is 848 g/mol. The summed E-state index contributed by atoms with van der Waals surface area (Å²) in [6.07, 6.45) is -4.46. The molecule has 2 aliphatic heterocycles. The van der Waals surface area contributed by atoms with E-state index in [1.165, 1.54) is 32.2 Å². The van der Waals surface area contributed by atoms with Crippen LogP contribution in [-0.4, -0.2) is 101 Å². The highest BCUT2D eigenvalue weighted by Crippen LogP contribution is 2.58. The predicted molar refractivity (Wildman–Crippen MR) is 212 cm³/mol. The van der Waals surface area contributed by atoms with Crippen molar-refractivity contribution in [2.24, 2.45) is 17.3 Å². The van der Waals surface area contributed by atoms with Crippen LogP contribution in [0.1, 0.15) is 105 Å². The number of nitrogens with one attached hydrogen (secondary N) is 1. The van der Waals surface area contributed by atoms with Crippen molar-refractivity contribution in [1.29, 1.82) is 0 Å². The van der Waals surface area contributed by atoms with E-state index in [1.54, 1.807) is 26.0 Å². The number of benzene rings is 1. The molecule has 1 aromatic carbocycles. The number of rotatable bonds is 11. The van der Waals surface area contributed by atoms with Gasteiger partial charge in [-0.15, -0.1) is 0 Å². The number of esters is 1. The number of hydrogen-bond donors (Lipinski definition) is 1. The Morgan fingerprint density at radius 1 is 1.06 bits per heavy atom. The first-order valence-corrected chi connectivity index (χ1v) is 22.1. The van der Waals surface area contributed by atoms with Crippen LogP contribution in [0, 0.1) is 17.3 Å². The van der Waals surface area contributed by atoms with Gasteiger partial charge >= 0.3 is 12.1 Å². The molecule has 2 amide bonds. The van der Waals surface area contributed by atoms with Gasteiger partial charge in [0.05, 0.1) is 65.4 Å². The van der Waals surface area contributed by atoms with Crippen LogP contribution in [0.3, 0.4) is 0 Å². The van der Waals surface area contributed by atoms with Gasteiger partial charge < -0.3 is 23.8 Å². The number of hydrogen-bond acceptors (Lipinski definition) is 12. The van der Waals surface area contributed by atoms with Gasteiger partial charge in [-0.1, -0.05) is 19.1 Å². The molecule has 1 aromatic heterocycles. The van der Waals surface area contributed by atoms with Crippen LogP contribution in [0.15, 0.2) is 30.4 Å². The largest absolute Gasteiger partial charge is 0.497 e. The van der Waals surface area contributed by atoms with Crippen molar-refractivity contribution < 1.29 is 68.5 Å². The molecule has 1 saturated heterocycles. The van der Waals surface area contributed by atoms with Crippen molar-refractivity contribution in [2.75, 3.05) is 13.7 Å². The van der Waals surface area contributed by atoms with Crippen LogP contribution >= 0.6 is 0 Å². The SMILES string of the molecule is CC[C@@H]1O[C@H](C)CC/C=C\[C@@H]2C[C@@]2(C(=O)NS(=O)(=O)C2(C)CC2)CC(=O)[C@@H]2C[C@@H](Oc3nc4cc(OC)ccc4nc3C(F)(F)F)CN2C(=O)[C@H]1CC(=O)OC(C)(C)C(C)(F)F. The van der Waals surface area contributed by atoms with Crippen LogP contribution in [0.2, 0.25) is 0 Å². The number of halogens is 5. The van der Waals surface area contributed by atoms with Crippen LogP contribution in [0.4, 0.5) is 22.0 Å². The Hall–Kier alpha value is -4.46. The van der Waals surface area contributed by atoms with Crippen LogP contribution in [0.25, 0.3) is 11.0 Å². The molecule has 2 aromatic rings. The third-order valence-electron chi connectivity index (χ3n) is 12.7. The second-order valence-electron chi connectivity index (χ2n) is 17.8. The third-order valence-corrected chi connectivity index (χ3v) is 14.9. The lowest BCUT2D eigenvalue weighted by Gasteiger charge is -2.35. The van der Waals surface area contributed by atoms with E-state index in [0.717, 1.165) is 18.7 Å². The molecule has 0 spiro atoms. The van der Waals surface area contributed by atoms with E-state index < -0.39 is 135 Å². The number of ketones is 1. The fourth-order valence-corrected chi connectivity index (χ4v) is 9.30. The van der Waals surface area contributed by atoms with Crippen molar-refractivity contribution in [1.82, 2.24) is 19.6 Å². The second-order valence-corrected chi connectivity index (χ2v) is 20.0. The standard InChI is InChI=1S/C42H53F5N4O10S/c1-8-32-27(19-33(53)61-38(3,4)40(6,43)44)36(54)51-22-26(60-35-34(42(45,46)47)48-28-14-13-25(58-7)17-29(28)49-35)18-30(51)31(52)21-41(20-24(41)12-10-9-11-23(2)59-32)37(55)50-62(56,57)39(5)15-16-39/h10,12-14,17,23-24,26-27,30,32H,8-9,11,15-16,18-22H2,1-7H3,(H,50,55)/b12-10-/t23-,24-,26-,27+,30+,32+,41-/m1/s1. The van der Waals surface area contributed by atoms with E-state index in [-0.39, 0.29) is 29.6 Å². The van der Waals surface area contributed by atoms with Crippen molar-refractivity contribution in [2.45, 2.75) is 146 Å². The number of methoxy groups -OCH3 is 1. The zero-order chi connectivity index (χ0) is 45.8. The summed E-state index contributed by atoms with van der Waals surface area (Å²) in [5, 5.41) is 0. The maximum atomic E-state index is 15.0. The quantitative estimate of drug-likeness (QED) is 0.148. The monoisotopic (exact) mass is 900 g/mol. The Kier molecular flexibility index (Phi) is 12.8. The summed E-state index contributed by atoms with van der Waals surface area (Å²) in [5.74, 6) is -9.84. The fourth-order valence-electron chi connectivity index (χ4n) is 7.97. The minimum atomic E-state index is -5.06. The number of carbonyl (C=O) groups is 4. The first-order valence-electron chi connectivity index (χ1n) is 20.7. The van der Waals surface area contributed by atoms with E-state index in [0.29, 0.717) is 32.6 Å². The lowest BCUT2D eigenvalue weighted by molar-refractivity contribution is -0.198. The van der Waals surface area contributed by atoms with Crippen molar-refractivity contribution in [3.05, 3.63) is 36.0 Å². The summed E-state index contributed by atoms with van der Waals surface area (Å²) in [5.41, 5.74) is -5.44. The number of sulfonamides is 1. The van der Waals surface area contributed by atoms with Gasteiger partial charge in [0.2, 0.25) is 33.4 Å². The molecule has 0 radical (unpaired) electrons. The topological polar surface area (TPSA) is 180 Å². The summed E-state index contributed by atoms with van der Waals surface area (Å²) >= 11 is 0. The third kappa shape index (κ3) is 9.70. The molecule has 1 N–H and O–H groups in total. The lowest BCUT2D eigenvalue weighted by atomic mass is 9.90. The molecule has 342 valence electrons. The molecule has 4 aliphatic rings. The van der Waals surface area contributed by atoms with Crippen LogP contribution in [0.5, 0.6) is 11.6 Å². The summed E-state index contributed by atoms with van der Waals surface area (Å²) in [7, 11) is -2.78. The number of allylic oxidation sites excluding steroid dienone is 2. The minimum Gasteiger partial charge on any atom is -0.497 e. The average molecular weight is 901 g/mol. The van der Waals surface area contributed by atoms with Crippen LogP contribution in [-0.2, 0) is 44.9 Å². The second kappa shape index (κ2) is 16.9. The molecule has 2 aliphatic carbocycles. The smallest absolute Gasteiger partial charge is 0.438 e. The molecule has 2 saturated carbocycles. The first kappa shape index (κ1) is 47.0. The lowest BCUT2D eigenvalue weighted by Crippen LogP contribution is -2.50. The van der Waals surface area contributed by atoms with Gasteiger partial charge in [0.1, 0.15) is 11.9 Å². The Bertz CT molecular complexity index is 2230. The number of fused-ring (bicyclic) bond motifs is 3. The predicted octanol–water partition coefficient (Wildman–Crippen LogP) is 6.49. The normalized spacial score (nSPS) is 28.8. The van der Waals surface area contributed by atoms with Gasteiger partial charge in [-0.25, -0.2) is 27.2 Å². The van der Waals surface area contributed by atoms with Gasteiger partial charge in [-0.05, 0) is 84.3 Å². The number of aromatic nitrogens is 2. The van der Waals surface area contributed by atoms with Gasteiger partial charge in [-0.3, -0.25) is 23.9 Å². The molecule has 3 fully saturated rings. The average Bonchev–Trinajstić information content (AvgIpc) is 4.06. The zero-order valence-corrected chi connectivity index (χ0v) is 36.5. The van der Waals surface area contributed by atoms with Gasteiger partial charge in [0.15, 0.2) is 11.4 Å². The summed E-state index contributed by atoms with van der Waals surface area (Å²) in [4.78, 5) is 66.0. The van der Waals surface area contributed by atoms with Gasteiger partial charge in [0.25, 0.3) is 5.92 Å². The van der Waals surface area contributed by atoms with E-state index in [1.807, 2.05) is 0 Å². The Morgan fingerprint density at radius 2 is 1.76 bits per heavy atom. The Balaban J connectivity index is 1.40. The van der Waals surface area contributed by atoms with E-state index in [9.17, 15) is 49.5 Å². The summed E-state index contributed by atoms with van der Waals surface area (Å²) in [6.45, 7) is 6.99. The van der Waals surface area contributed by atoms with Crippen molar-refractivity contribution >= 4 is 44.6 Å². The molecule has 6 rings (SSSR count). The number of ether oxygens (including phenoxy) is 4. The molecule has 20 heteroatoms. The summed E-state index contributed by atoms with van der Waals surface area (Å²) < 4.78 is 123. The highest BCUT2D eigenvalue weighted by atomic mass is 32.2. The minimum absolute atomic E-state index is 0.0145. The van der Waals surface area contributed by atoms with E-state index in [4.69, 9.17) is 18.9 Å². The molecule has 0 unspecified atom stereocenters. The maximum Gasteiger partial charge on any atom is 0.438 e. The zero-order valence-electron chi connectivity index (χ0n) is 35.6. The Morgan fingerprint density at radius 3 is 2.37 bits per heavy atom. The highest BCUT2D eigenvalue weighted by Gasteiger charge is 2.63. The number of amides is 2. The highest BCUT2D eigenvalue weighted by molar-refractivity contribution is 7.91. The summed E-state index contributed by atoms with van der Waals surface area (Å²) in [6, 6.07) is 2.56. The first-order chi connectivity index (χ1) is 28.7. The van der Waals surface area contributed by atoms with E-state index >= 15 is 0 Å². The molecule has 3 heterocycles. The number of carbonyl (C=O) groups excluding carboxylic acids is 4. The van der Waals surface area contributed by atoms with Crippen LogP contribution < -0.4 is 14.2 Å². The van der Waals surface area contributed by atoms with Gasteiger partial charge in [-0.2, -0.15) is 13.2 Å². The fraction of sp³-hybridized carbons (Fsp3) is 0.667. The van der Waals surface area contributed by atoms with Gasteiger partial charge in [0, 0.05) is 25.8 Å². The van der Waals surface area contributed by atoms with Crippen molar-refractivity contribution in [3.63, 3.8) is 0 Å². The van der Waals surface area contributed by atoms with E-state index in [2.05, 4.69) is 14.7 Å². The van der Waals surface area contributed by atoms with Crippen molar-refractivity contribution in [3.8, 4) is 11.6 Å². The number of alkyl halides is 5. The molecule has 14 nitrogen and oxygen atoms in total.